The maximum absolute atomic E-state index is 10.8. The van der Waals surface area contributed by atoms with Crippen LogP contribution >= 0.6 is 23.2 Å². The van der Waals surface area contributed by atoms with Crippen LogP contribution in [-0.4, -0.2) is 23.5 Å². The normalized spacial score (nSPS) is 14.3. The molecule has 0 bridgehead atoms. The summed E-state index contributed by atoms with van der Waals surface area (Å²) < 4.78 is 4.65. The second kappa shape index (κ2) is 12.6. The van der Waals surface area contributed by atoms with Crippen LogP contribution in [0.4, 0.5) is 0 Å². The molecule has 142 valence electrons. The van der Waals surface area contributed by atoms with E-state index in [2.05, 4.69) is 20.8 Å². The van der Waals surface area contributed by atoms with E-state index >= 15 is 0 Å². The molecule has 1 rings (SSSR count). The Hall–Kier alpha value is 0.299. The predicted molar refractivity (Wildman–Crippen MR) is 115 cm³/mol. The summed E-state index contributed by atoms with van der Waals surface area (Å²) in [6, 6.07) is 9.64. The van der Waals surface area contributed by atoms with Crippen LogP contribution in [0.1, 0.15) is 71.0 Å². The van der Waals surface area contributed by atoms with Crippen LogP contribution in [0.25, 0.3) is 0 Å². The van der Waals surface area contributed by atoms with Crippen molar-refractivity contribution < 1.29 is 5.11 Å². The number of aliphatic hydroxyl groups excluding tert-OH is 1. The topological polar surface area (TPSA) is 20.2 Å². The second-order valence-electron chi connectivity index (χ2n) is 7.07. The van der Waals surface area contributed by atoms with Crippen LogP contribution in [0, 0.1) is 0 Å². The molecule has 0 radical (unpaired) electrons. The van der Waals surface area contributed by atoms with Gasteiger partial charge >= 0.3 is 169 Å². The SMILES string of the molecule is CCC[CH2][Sn]([CH2]CCC)([CH2]CCC)/[C](Cl)=C(\Cl)C(O)c1ccccc1. The Bertz CT molecular complexity index is 494. The van der Waals surface area contributed by atoms with Crippen molar-refractivity contribution in [2.45, 2.75) is 78.7 Å². The van der Waals surface area contributed by atoms with Crippen molar-refractivity contribution in [3.8, 4) is 0 Å². The molecule has 0 fully saturated rings. The molecule has 1 nitrogen and oxygen atoms in total. The molecule has 0 aliphatic carbocycles. The number of unbranched alkanes of at least 4 members (excludes halogenated alkanes) is 3. The van der Waals surface area contributed by atoms with Gasteiger partial charge in [0.25, 0.3) is 0 Å². The monoisotopic (exact) mass is 492 g/mol. The summed E-state index contributed by atoms with van der Waals surface area (Å²) in [6.45, 7) is 6.73. The Labute approximate surface area is 168 Å². The molecule has 0 aromatic heterocycles. The molecule has 1 N–H and O–H groups in total. The van der Waals surface area contributed by atoms with Gasteiger partial charge in [0.2, 0.25) is 0 Å². The van der Waals surface area contributed by atoms with Gasteiger partial charge in [-0.2, -0.15) is 0 Å². The van der Waals surface area contributed by atoms with Gasteiger partial charge in [0.05, 0.1) is 0 Å². The van der Waals surface area contributed by atoms with Crippen molar-refractivity contribution in [2.24, 2.45) is 0 Å². The van der Waals surface area contributed by atoms with Crippen LogP contribution in [0.3, 0.4) is 0 Å². The fourth-order valence-corrected chi connectivity index (χ4v) is 21.6. The number of hydrogen-bond acceptors (Lipinski definition) is 1. The van der Waals surface area contributed by atoms with Gasteiger partial charge in [0.1, 0.15) is 0 Å². The van der Waals surface area contributed by atoms with E-state index in [1.54, 1.807) is 0 Å². The molecule has 1 atom stereocenters. The molecule has 0 saturated heterocycles. The first-order valence-corrected chi connectivity index (χ1v) is 18.0. The molecule has 1 unspecified atom stereocenters. The van der Waals surface area contributed by atoms with E-state index in [4.69, 9.17) is 23.2 Å². The molecule has 0 saturated carbocycles. The molecule has 1 aromatic carbocycles. The first-order chi connectivity index (χ1) is 12.0. The third-order valence-electron chi connectivity index (χ3n) is 5.06. The van der Waals surface area contributed by atoms with E-state index in [-0.39, 0.29) is 0 Å². The summed E-state index contributed by atoms with van der Waals surface area (Å²) in [5.41, 5.74) is 0.826. The second-order valence-corrected chi connectivity index (χ2v) is 21.8. The van der Waals surface area contributed by atoms with Crippen molar-refractivity contribution in [1.82, 2.24) is 0 Å². The van der Waals surface area contributed by atoms with E-state index in [0.29, 0.717) is 5.03 Å². The van der Waals surface area contributed by atoms with Gasteiger partial charge < -0.3 is 0 Å². The van der Waals surface area contributed by atoms with Crippen molar-refractivity contribution >= 4 is 41.6 Å². The molecular formula is C21H34Cl2OSn. The molecule has 4 heteroatoms. The van der Waals surface area contributed by atoms with Crippen LogP contribution in [0.2, 0.25) is 13.3 Å². The molecule has 1 aromatic rings. The van der Waals surface area contributed by atoms with Crippen molar-refractivity contribution in [1.29, 1.82) is 0 Å². The summed E-state index contributed by atoms with van der Waals surface area (Å²) in [6.07, 6.45) is 6.47. The number of hydrogen-bond donors (Lipinski definition) is 1. The number of benzene rings is 1. The first-order valence-electron chi connectivity index (χ1n) is 9.81. The van der Waals surface area contributed by atoms with Crippen molar-refractivity contribution in [2.75, 3.05) is 0 Å². The fraction of sp³-hybridized carbons (Fsp3) is 0.619. The maximum atomic E-state index is 10.8. The molecule has 0 aliphatic rings. The zero-order valence-corrected chi connectivity index (χ0v) is 20.4. The van der Waals surface area contributed by atoms with Gasteiger partial charge in [0, 0.05) is 0 Å². The Morgan fingerprint density at radius 3 is 1.72 bits per heavy atom. The minimum absolute atomic E-state index is 0.493. The van der Waals surface area contributed by atoms with Gasteiger partial charge in [-0.15, -0.1) is 0 Å². The predicted octanol–water partition coefficient (Wildman–Crippen LogP) is 7.80. The van der Waals surface area contributed by atoms with E-state index in [1.165, 1.54) is 51.8 Å². The van der Waals surface area contributed by atoms with Gasteiger partial charge in [-0.05, 0) is 0 Å². The molecule has 0 amide bonds. The Balaban J connectivity index is 3.21. The van der Waals surface area contributed by atoms with Crippen molar-refractivity contribution in [3.63, 3.8) is 0 Å². The van der Waals surface area contributed by atoms with E-state index < -0.39 is 24.5 Å². The third kappa shape index (κ3) is 7.08. The molecule has 0 aliphatic heterocycles. The number of rotatable bonds is 12. The van der Waals surface area contributed by atoms with Gasteiger partial charge in [-0.3, -0.25) is 0 Å². The van der Waals surface area contributed by atoms with Crippen LogP contribution in [-0.2, 0) is 0 Å². The van der Waals surface area contributed by atoms with Crippen LogP contribution in [0.5, 0.6) is 0 Å². The zero-order valence-electron chi connectivity index (χ0n) is 16.0. The van der Waals surface area contributed by atoms with Crippen LogP contribution < -0.4 is 0 Å². The standard InChI is InChI=1S/C9H7Cl2O.3C4H9.Sn/c10-6-8(11)9(12)7-4-2-1-3-5-7;3*1-3-4-2;/h1-5,9,12H;3*1,3-4H2,2H3;. The molecule has 0 spiro atoms. The molecule has 0 heterocycles. The van der Waals surface area contributed by atoms with Gasteiger partial charge in [0.15, 0.2) is 0 Å². The van der Waals surface area contributed by atoms with E-state index in [9.17, 15) is 5.11 Å². The number of halogens is 2. The Morgan fingerprint density at radius 2 is 1.32 bits per heavy atom. The summed E-state index contributed by atoms with van der Waals surface area (Å²) in [5.74, 6) is 0. The van der Waals surface area contributed by atoms with E-state index in [0.717, 1.165) is 8.61 Å². The van der Waals surface area contributed by atoms with Crippen molar-refractivity contribution in [3.05, 3.63) is 44.0 Å². The van der Waals surface area contributed by atoms with E-state index in [1.807, 2.05) is 30.3 Å². The Kier molecular flexibility index (Phi) is 11.8. The van der Waals surface area contributed by atoms with Gasteiger partial charge in [-0.25, -0.2) is 0 Å². The van der Waals surface area contributed by atoms with Gasteiger partial charge in [-0.1, -0.05) is 0 Å². The summed E-state index contributed by atoms with van der Waals surface area (Å²) in [5, 5.41) is 11.3. The average molecular weight is 492 g/mol. The minimum atomic E-state index is -2.77. The summed E-state index contributed by atoms with van der Waals surface area (Å²) in [4.78, 5) is 0. The first kappa shape index (κ1) is 23.3. The third-order valence-corrected chi connectivity index (χ3v) is 23.5. The number of aliphatic hydroxyl groups is 1. The summed E-state index contributed by atoms with van der Waals surface area (Å²) >= 11 is 10.9. The zero-order chi connectivity index (χ0) is 18.7. The van der Waals surface area contributed by atoms with Crippen LogP contribution in [0.15, 0.2) is 38.4 Å². The Morgan fingerprint density at radius 1 is 0.880 bits per heavy atom. The fourth-order valence-electron chi connectivity index (χ4n) is 3.40. The molecular weight excluding hydrogens is 458 g/mol. The molecule has 25 heavy (non-hydrogen) atoms. The average Bonchev–Trinajstić information content (AvgIpc) is 2.66. The quantitative estimate of drug-likeness (QED) is 0.296. The summed E-state index contributed by atoms with van der Waals surface area (Å²) in [7, 11) is 0.